The molecule has 0 aromatic heterocycles. The second-order valence-electron chi connectivity index (χ2n) is 6.22. The van der Waals surface area contributed by atoms with E-state index in [9.17, 15) is 9.59 Å². The number of carbonyl (C=O) groups is 2. The monoisotopic (exact) mass is 282 g/mol. The van der Waals surface area contributed by atoms with Crippen LogP contribution in [0.15, 0.2) is 0 Å². The van der Waals surface area contributed by atoms with Gasteiger partial charge in [0.25, 0.3) is 0 Å². The maximum atomic E-state index is 12.4. The summed E-state index contributed by atoms with van der Waals surface area (Å²) >= 11 is 0. The van der Waals surface area contributed by atoms with Crippen LogP contribution in [0.4, 0.5) is 0 Å². The molecule has 5 nitrogen and oxygen atoms in total. The van der Waals surface area contributed by atoms with E-state index >= 15 is 0 Å². The van der Waals surface area contributed by atoms with Gasteiger partial charge in [-0.3, -0.25) is 9.59 Å². The third-order valence-corrected chi connectivity index (χ3v) is 4.07. The minimum atomic E-state index is -0.318. The van der Waals surface area contributed by atoms with Crippen molar-refractivity contribution in [3.8, 4) is 0 Å². The van der Waals surface area contributed by atoms with Gasteiger partial charge in [-0.1, -0.05) is 13.8 Å². The fourth-order valence-corrected chi connectivity index (χ4v) is 3.00. The molecule has 20 heavy (non-hydrogen) atoms. The Morgan fingerprint density at radius 2 is 2.05 bits per heavy atom. The van der Waals surface area contributed by atoms with Crippen LogP contribution >= 0.6 is 0 Å². The van der Waals surface area contributed by atoms with E-state index in [-0.39, 0.29) is 23.9 Å². The summed E-state index contributed by atoms with van der Waals surface area (Å²) in [5, 5.41) is 0. The van der Waals surface area contributed by atoms with Crippen LogP contribution in [-0.2, 0) is 14.3 Å². The molecule has 0 saturated carbocycles. The minimum absolute atomic E-state index is 0.107. The van der Waals surface area contributed by atoms with Gasteiger partial charge in [0, 0.05) is 26.3 Å². The zero-order valence-corrected chi connectivity index (χ0v) is 12.8. The van der Waals surface area contributed by atoms with Crippen molar-refractivity contribution in [1.29, 1.82) is 0 Å². The molecule has 2 saturated heterocycles. The summed E-state index contributed by atoms with van der Waals surface area (Å²) in [6.07, 6.45) is 2.56. The van der Waals surface area contributed by atoms with Crippen LogP contribution < -0.4 is 0 Å². The largest absolute Gasteiger partial charge is 0.381 e. The maximum Gasteiger partial charge on any atom is 0.246 e. The highest BCUT2D eigenvalue weighted by Crippen LogP contribution is 2.26. The number of ether oxygens (including phenoxy) is 1. The lowest BCUT2D eigenvalue weighted by atomic mass is 10.1. The Morgan fingerprint density at radius 3 is 2.75 bits per heavy atom. The van der Waals surface area contributed by atoms with Gasteiger partial charge in [0.05, 0.1) is 0 Å². The molecule has 2 heterocycles. The molecule has 0 radical (unpaired) electrons. The lowest BCUT2D eigenvalue weighted by Gasteiger charge is -2.41. The number of hydrogen-bond donors (Lipinski definition) is 0. The number of rotatable bonds is 6. The van der Waals surface area contributed by atoms with Crippen molar-refractivity contribution >= 4 is 11.8 Å². The molecular formula is C15H26N2O3. The van der Waals surface area contributed by atoms with Gasteiger partial charge in [-0.15, -0.1) is 0 Å². The van der Waals surface area contributed by atoms with Crippen molar-refractivity contribution in [3.63, 3.8) is 0 Å². The average molecular weight is 282 g/mol. The van der Waals surface area contributed by atoms with Crippen LogP contribution in [0.1, 0.15) is 40.0 Å². The van der Waals surface area contributed by atoms with Gasteiger partial charge in [0.15, 0.2) is 0 Å². The van der Waals surface area contributed by atoms with E-state index in [0.29, 0.717) is 19.1 Å². The van der Waals surface area contributed by atoms with Gasteiger partial charge in [-0.05, 0) is 32.1 Å². The van der Waals surface area contributed by atoms with Crippen molar-refractivity contribution < 1.29 is 14.3 Å². The number of carbonyl (C=O) groups excluding carboxylic acids is 2. The summed E-state index contributed by atoms with van der Waals surface area (Å²) in [6.45, 7) is 8.83. The van der Waals surface area contributed by atoms with Gasteiger partial charge in [0.1, 0.15) is 12.1 Å². The summed E-state index contributed by atoms with van der Waals surface area (Å²) in [4.78, 5) is 28.2. The summed E-state index contributed by atoms with van der Waals surface area (Å²) in [5.74, 6) is 0.757. The SMILES string of the molecule is CC(C)COCCCN1C(=O)C2CCCN2C(=O)C1C. The van der Waals surface area contributed by atoms with E-state index in [1.807, 2.05) is 6.92 Å². The quantitative estimate of drug-likeness (QED) is 0.689. The minimum Gasteiger partial charge on any atom is -0.381 e. The number of hydrogen-bond acceptors (Lipinski definition) is 3. The Kier molecular flexibility index (Phi) is 5.02. The lowest BCUT2D eigenvalue weighted by Crippen LogP contribution is -2.61. The number of fused-ring (bicyclic) bond motifs is 1. The predicted molar refractivity (Wildman–Crippen MR) is 76.2 cm³/mol. The van der Waals surface area contributed by atoms with Gasteiger partial charge in [-0.25, -0.2) is 0 Å². The van der Waals surface area contributed by atoms with E-state index < -0.39 is 0 Å². The Balaban J connectivity index is 1.84. The molecule has 0 aromatic carbocycles. The molecule has 2 rings (SSSR count). The molecule has 2 amide bonds. The number of amides is 2. The molecule has 5 heteroatoms. The molecule has 114 valence electrons. The smallest absolute Gasteiger partial charge is 0.246 e. The summed E-state index contributed by atoms with van der Waals surface area (Å²) in [6, 6.07) is -0.516. The molecule has 2 atom stereocenters. The third kappa shape index (κ3) is 3.14. The van der Waals surface area contributed by atoms with Crippen LogP contribution in [0.2, 0.25) is 0 Å². The Morgan fingerprint density at radius 1 is 1.30 bits per heavy atom. The van der Waals surface area contributed by atoms with E-state index in [0.717, 1.165) is 32.4 Å². The molecule has 2 unspecified atom stereocenters. The van der Waals surface area contributed by atoms with Crippen molar-refractivity contribution in [2.24, 2.45) is 5.92 Å². The molecule has 2 fully saturated rings. The van der Waals surface area contributed by atoms with Crippen molar-refractivity contribution in [2.45, 2.75) is 52.1 Å². The molecule has 2 aliphatic rings. The van der Waals surface area contributed by atoms with E-state index in [4.69, 9.17) is 4.74 Å². The zero-order valence-electron chi connectivity index (χ0n) is 12.8. The first-order valence-corrected chi connectivity index (χ1v) is 7.71. The van der Waals surface area contributed by atoms with Gasteiger partial charge in [0.2, 0.25) is 11.8 Å². The summed E-state index contributed by atoms with van der Waals surface area (Å²) < 4.78 is 5.54. The normalized spacial score (nSPS) is 26.6. The molecule has 0 aliphatic carbocycles. The van der Waals surface area contributed by atoms with Gasteiger partial charge < -0.3 is 14.5 Å². The summed E-state index contributed by atoms with van der Waals surface area (Å²) in [5.41, 5.74) is 0. The molecule has 2 aliphatic heterocycles. The second kappa shape index (κ2) is 6.57. The maximum absolute atomic E-state index is 12.4. The zero-order chi connectivity index (χ0) is 14.7. The molecule has 0 spiro atoms. The molecule has 0 bridgehead atoms. The topological polar surface area (TPSA) is 49.9 Å². The summed E-state index contributed by atoms with van der Waals surface area (Å²) in [7, 11) is 0. The standard InChI is InChI=1S/C15H26N2O3/c1-11(2)10-20-9-5-8-16-12(3)14(18)17-7-4-6-13(17)15(16)19/h11-13H,4-10H2,1-3H3. The molecule has 0 N–H and O–H groups in total. The highest BCUT2D eigenvalue weighted by Gasteiger charge is 2.45. The number of piperazine rings is 1. The van der Waals surface area contributed by atoms with E-state index in [1.54, 1.807) is 9.80 Å². The molecular weight excluding hydrogens is 256 g/mol. The van der Waals surface area contributed by atoms with E-state index in [2.05, 4.69) is 13.8 Å². The third-order valence-electron chi connectivity index (χ3n) is 4.07. The van der Waals surface area contributed by atoms with Gasteiger partial charge >= 0.3 is 0 Å². The predicted octanol–water partition coefficient (Wildman–Crippen LogP) is 1.27. The van der Waals surface area contributed by atoms with Crippen molar-refractivity contribution in [2.75, 3.05) is 26.3 Å². The fraction of sp³-hybridized carbons (Fsp3) is 0.867. The van der Waals surface area contributed by atoms with Gasteiger partial charge in [-0.2, -0.15) is 0 Å². The molecule has 0 aromatic rings. The van der Waals surface area contributed by atoms with Crippen LogP contribution in [0.5, 0.6) is 0 Å². The Labute approximate surface area is 121 Å². The average Bonchev–Trinajstić information content (AvgIpc) is 2.88. The second-order valence-corrected chi connectivity index (χ2v) is 6.22. The first kappa shape index (κ1) is 15.3. The number of nitrogens with zero attached hydrogens (tertiary/aromatic N) is 2. The van der Waals surface area contributed by atoms with Crippen LogP contribution in [0, 0.1) is 5.92 Å². The Hall–Kier alpha value is -1.10. The van der Waals surface area contributed by atoms with Crippen molar-refractivity contribution in [1.82, 2.24) is 9.80 Å². The highest BCUT2D eigenvalue weighted by molar-refractivity contribution is 5.97. The lowest BCUT2D eigenvalue weighted by molar-refractivity contribution is -0.158. The van der Waals surface area contributed by atoms with E-state index in [1.165, 1.54) is 0 Å². The first-order chi connectivity index (χ1) is 9.52. The van der Waals surface area contributed by atoms with Crippen LogP contribution in [0.25, 0.3) is 0 Å². The van der Waals surface area contributed by atoms with Crippen molar-refractivity contribution in [3.05, 3.63) is 0 Å². The van der Waals surface area contributed by atoms with Crippen LogP contribution in [-0.4, -0.2) is 60.0 Å². The first-order valence-electron chi connectivity index (χ1n) is 7.71. The highest BCUT2D eigenvalue weighted by atomic mass is 16.5. The fourth-order valence-electron chi connectivity index (χ4n) is 3.00. The van der Waals surface area contributed by atoms with Crippen LogP contribution in [0.3, 0.4) is 0 Å². The Bertz CT molecular complexity index is 370.